The second-order valence-electron chi connectivity index (χ2n) is 7.91. The van der Waals surface area contributed by atoms with Crippen LogP contribution in [0, 0.1) is 6.92 Å². The molecule has 0 aromatic heterocycles. The summed E-state index contributed by atoms with van der Waals surface area (Å²) in [5.41, 5.74) is 4.43. The van der Waals surface area contributed by atoms with Crippen LogP contribution in [0.5, 0.6) is 23.0 Å². The van der Waals surface area contributed by atoms with Crippen molar-refractivity contribution in [1.82, 2.24) is 0 Å². The number of methoxy groups -OCH3 is 1. The molecule has 0 fully saturated rings. The first-order valence-electron chi connectivity index (χ1n) is 10.0. The topological polar surface area (TPSA) is 54.0 Å². The molecule has 2 aromatic carbocycles. The summed E-state index contributed by atoms with van der Waals surface area (Å²) in [4.78, 5) is 13.5. The van der Waals surface area contributed by atoms with E-state index in [-0.39, 0.29) is 18.0 Å². The lowest BCUT2D eigenvalue weighted by Gasteiger charge is -2.37. The van der Waals surface area contributed by atoms with E-state index in [9.17, 15) is 4.79 Å². The highest BCUT2D eigenvalue weighted by molar-refractivity contribution is 6.06. The van der Waals surface area contributed by atoms with Crippen LogP contribution in [-0.2, 0) is 6.42 Å². The van der Waals surface area contributed by atoms with Gasteiger partial charge >= 0.3 is 0 Å². The molecule has 5 heteroatoms. The minimum absolute atomic E-state index is 0.0616. The molecule has 0 saturated heterocycles. The molecule has 5 rings (SSSR count). The molecule has 3 atom stereocenters. The molecule has 0 bridgehead atoms. The van der Waals surface area contributed by atoms with E-state index in [1.807, 2.05) is 31.2 Å². The smallest absolute Gasteiger partial charge is 0.178 e. The van der Waals surface area contributed by atoms with Gasteiger partial charge in [-0.3, -0.25) is 4.79 Å². The molecular formula is C24H24O5. The number of hydrogen-bond acceptors (Lipinski definition) is 5. The van der Waals surface area contributed by atoms with Crippen LogP contribution in [0.4, 0.5) is 0 Å². The first-order chi connectivity index (χ1) is 14.0. The van der Waals surface area contributed by atoms with Crippen molar-refractivity contribution in [2.45, 2.75) is 44.8 Å². The Labute approximate surface area is 170 Å². The van der Waals surface area contributed by atoms with Crippen molar-refractivity contribution in [3.63, 3.8) is 0 Å². The third kappa shape index (κ3) is 2.64. The Bertz CT molecular complexity index is 1040. The van der Waals surface area contributed by atoms with Gasteiger partial charge in [0.05, 0.1) is 18.6 Å². The molecule has 0 aliphatic carbocycles. The lowest BCUT2D eigenvalue weighted by atomic mass is 9.81. The molecule has 2 aromatic rings. The molecule has 150 valence electrons. The number of ketones is 1. The van der Waals surface area contributed by atoms with E-state index in [0.29, 0.717) is 24.3 Å². The standard InChI is InChI=1S/C24H24O5/c1-5-12(2)19-10-16-17(28-19)7-6-14-23(25)22-15-9-18(26-4)13(3)8-20(15)27-11-21(22)29-24(14)16/h6-9,19,21-22H,2,5,10-11H2,1,3-4H3. The molecule has 0 spiro atoms. The third-order valence-electron chi connectivity index (χ3n) is 6.24. The number of rotatable bonds is 3. The Kier molecular flexibility index (Phi) is 4.09. The summed E-state index contributed by atoms with van der Waals surface area (Å²) in [6.45, 7) is 8.49. The van der Waals surface area contributed by atoms with Gasteiger partial charge in [0.1, 0.15) is 41.8 Å². The summed E-state index contributed by atoms with van der Waals surface area (Å²) in [5, 5.41) is 0. The van der Waals surface area contributed by atoms with Crippen LogP contribution >= 0.6 is 0 Å². The number of Topliss-reactive ketones (excluding diaryl/α,β-unsaturated/α-hetero) is 1. The Hall–Kier alpha value is -2.95. The predicted molar refractivity (Wildman–Crippen MR) is 109 cm³/mol. The van der Waals surface area contributed by atoms with Crippen molar-refractivity contribution in [2.24, 2.45) is 0 Å². The van der Waals surface area contributed by atoms with Gasteiger partial charge in [-0.2, -0.15) is 0 Å². The van der Waals surface area contributed by atoms with Gasteiger partial charge in [0, 0.05) is 17.5 Å². The SMILES string of the molecule is C=C(CC)C1Cc2c(ccc3c2OC2COc4cc(C)c(OC)cc4C2C3=O)O1. The fraction of sp³-hybridized carbons (Fsp3) is 0.375. The van der Waals surface area contributed by atoms with Gasteiger partial charge in [0.25, 0.3) is 0 Å². The maximum absolute atomic E-state index is 13.5. The minimum Gasteiger partial charge on any atom is -0.496 e. The highest BCUT2D eigenvalue weighted by Gasteiger charge is 2.45. The summed E-state index contributed by atoms with van der Waals surface area (Å²) in [6, 6.07) is 7.55. The summed E-state index contributed by atoms with van der Waals surface area (Å²) < 4.78 is 23.9. The Morgan fingerprint density at radius 1 is 1.24 bits per heavy atom. The maximum atomic E-state index is 13.5. The molecular weight excluding hydrogens is 368 g/mol. The van der Waals surface area contributed by atoms with Crippen LogP contribution in [0.3, 0.4) is 0 Å². The van der Waals surface area contributed by atoms with Crippen LogP contribution in [0.1, 0.15) is 46.3 Å². The van der Waals surface area contributed by atoms with Crippen LogP contribution in [0.15, 0.2) is 36.4 Å². The van der Waals surface area contributed by atoms with Gasteiger partial charge in [0.2, 0.25) is 0 Å². The lowest BCUT2D eigenvalue weighted by molar-refractivity contribution is 0.0555. The number of benzene rings is 2. The first-order valence-corrected chi connectivity index (χ1v) is 10.0. The minimum atomic E-state index is -0.400. The van der Waals surface area contributed by atoms with E-state index in [2.05, 4.69) is 13.5 Å². The van der Waals surface area contributed by atoms with Gasteiger partial charge in [0.15, 0.2) is 5.78 Å². The Morgan fingerprint density at radius 3 is 2.83 bits per heavy atom. The molecule has 0 N–H and O–H groups in total. The van der Waals surface area contributed by atoms with Crippen molar-refractivity contribution in [1.29, 1.82) is 0 Å². The molecule has 0 amide bonds. The van der Waals surface area contributed by atoms with Crippen molar-refractivity contribution in [3.05, 3.63) is 58.7 Å². The molecule has 29 heavy (non-hydrogen) atoms. The number of fused-ring (bicyclic) bond motifs is 6. The zero-order valence-corrected chi connectivity index (χ0v) is 16.9. The maximum Gasteiger partial charge on any atom is 0.178 e. The lowest BCUT2D eigenvalue weighted by Crippen LogP contribution is -2.43. The van der Waals surface area contributed by atoms with Crippen molar-refractivity contribution in [3.8, 4) is 23.0 Å². The number of carbonyl (C=O) groups excluding carboxylic acids is 1. The van der Waals surface area contributed by atoms with E-state index in [0.717, 1.165) is 45.9 Å². The van der Waals surface area contributed by atoms with Crippen molar-refractivity contribution in [2.75, 3.05) is 13.7 Å². The van der Waals surface area contributed by atoms with Gasteiger partial charge in [-0.15, -0.1) is 0 Å². The van der Waals surface area contributed by atoms with Crippen molar-refractivity contribution >= 4 is 5.78 Å². The molecule has 0 radical (unpaired) electrons. The zero-order valence-electron chi connectivity index (χ0n) is 16.9. The van der Waals surface area contributed by atoms with Crippen LogP contribution in [0.2, 0.25) is 0 Å². The number of ether oxygens (including phenoxy) is 4. The van der Waals surface area contributed by atoms with E-state index < -0.39 is 5.92 Å². The summed E-state index contributed by atoms with van der Waals surface area (Å²) in [7, 11) is 1.63. The fourth-order valence-electron chi connectivity index (χ4n) is 4.54. The molecule has 0 saturated carbocycles. The van der Waals surface area contributed by atoms with Gasteiger partial charge in [-0.25, -0.2) is 0 Å². The highest BCUT2D eigenvalue weighted by Crippen LogP contribution is 2.49. The molecule has 3 aliphatic heterocycles. The number of carbonyl (C=O) groups is 1. The zero-order chi connectivity index (χ0) is 20.3. The second-order valence-corrected chi connectivity index (χ2v) is 7.91. The van der Waals surface area contributed by atoms with Gasteiger partial charge in [-0.1, -0.05) is 13.5 Å². The monoisotopic (exact) mass is 392 g/mol. The first kappa shape index (κ1) is 18.1. The fourth-order valence-corrected chi connectivity index (χ4v) is 4.54. The Morgan fingerprint density at radius 2 is 2.07 bits per heavy atom. The predicted octanol–water partition coefficient (Wildman–Crippen LogP) is 4.39. The highest BCUT2D eigenvalue weighted by atomic mass is 16.5. The molecule has 3 heterocycles. The second kappa shape index (κ2) is 6.55. The largest absolute Gasteiger partial charge is 0.496 e. The van der Waals surface area contributed by atoms with E-state index in [4.69, 9.17) is 18.9 Å². The molecule has 5 nitrogen and oxygen atoms in total. The summed E-state index contributed by atoms with van der Waals surface area (Å²) in [5.74, 6) is 2.56. The summed E-state index contributed by atoms with van der Waals surface area (Å²) in [6.07, 6.45) is 1.11. The van der Waals surface area contributed by atoms with E-state index in [1.54, 1.807) is 7.11 Å². The van der Waals surface area contributed by atoms with Crippen molar-refractivity contribution < 1.29 is 23.7 Å². The number of aryl methyl sites for hydroxylation is 1. The van der Waals surface area contributed by atoms with E-state index in [1.165, 1.54) is 0 Å². The van der Waals surface area contributed by atoms with Gasteiger partial charge < -0.3 is 18.9 Å². The Balaban J connectivity index is 1.56. The third-order valence-corrected chi connectivity index (χ3v) is 6.24. The van der Waals surface area contributed by atoms with Crippen LogP contribution < -0.4 is 18.9 Å². The van der Waals surface area contributed by atoms with E-state index >= 15 is 0 Å². The average Bonchev–Trinajstić information content (AvgIpc) is 3.17. The molecule has 3 aliphatic rings. The van der Waals surface area contributed by atoms with Crippen LogP contribution in [0.25, 0.3) is 0 Å². The normalized spacial score (nSPS) is 23.6. The van der Waals surface area contributed by atoms with Crippen LogP contribution in [-0.4, -0.2) is 31.7 Å². The quantitative estimate of drug-likeness (QED) is 0.725. The molecule has 3 unspecified atom stereocenters. The average molecular weight is 392 g/mol. The number of hydrogen-bond donors (Lipinski definition) is 0. The summed E-state index contributed by atoms with van der Waals surface area (Å²) >= 11 is 0. The van der Waals surface area contributed by atoms with Gasteiger partial charge in [-0.05, 0) is 48.7 Å².